The van der Waals surface area contributed by atoms with Crippen LogP contribution in [0.4, 0.5) is 4.39 Å². The van der Waals surface area contributed by atoms with Gasteiger partial charge in [0, 0.05) is 42.9 Å². The van der Waals surface area contributed by atoms with Gasteiger partial charge < -0.3 is 4.74 Å². The van der Waals surface area contributed by atoms with E-state index in [0.717, 1.165) is 11.1 Å². The third-order valence-corrected chi connectivity index (χ3v) is 5.11. The number of halogens is 1. The van der Waals surface area contributed by atoms with Crippen molar-refractivity contribution in [3.63, 3.8) is 0 Å². The summed E-state index contributed by atoms with van der Waals surface area (Å²) in [4.78, 5) is 21.4. The Morgan fingerprint density at radius 3 is 2.68 bits per heavy atom. The number of fused-ring (bicyclic) bond motifs is 3. The van der Waals surface area contributed by atoms with Crippen molar-refractivity contribution in [2.45, 2.75) is 6.92 Å². The number of allylic oxidation sites excluding steroid dienone is 3. The fraction of sp³-hybridized carbons (Fsp3) is 0.182. The summed E-state index contributed by atoms with van der Waals surface area (Å²) in [6, 6.07) is 3.65. The second kappa shape index (κ2) is 7.67. The van der Waals surface area contributed by atoms with E-state index in [0.29, 0.717) is 27.7 Å². The Labute approximate surface area is 177 Å². The molecule has 0 saturated heterocycles. The first-order chi connectivity index (χ1) is 14.9. The fourth-order valence-electron chi connectivity index (χ4n) is 3.65. The van der Waals surface area contributed by atoms with E-state index in [9.17, 15) is 9.18 Å². The van der Waals surface area contributed by atoms with Crippen LogP contribution in [-0.2, 0) is 14.1 Å². The normalized spacial score (nSPS) is 12.7. The minimum atomic E-state index is -0.668. The van der Waals surface area contributed by atoms with Gasteiger partial charge in [-0.1, -0.05) is 6.08 Å². The third kappa shape index (κ3) is 3.14. The number of aliphatic imine (C=N–C) groups is 1. The summed E-state index contributed by atoms with van der Waals surface area (Å²) < 4.78 is 24.7. The highest BCUT2D eigenvalue weighted by Crippen LogP contribution is 2.36. The van der Waals surface area contributed by atoms with Crippen LogP contribution in [0.5, 0.6) is 5.75 Å². The molecule has 3 aromatic heterocycles. The van der Waals surface area contributed by atoms with Crippen LogP contribution in [-0.4, -0.2) is 37.7 Å². The molecule has 1 aromatic carbocycles. The molecule has 0 radical (unpaired) electrons. The van der Waals surface area contributed by atoms with Gasteiger partial charge in [-0.15, -0.1) is 0 Å². The van der Waals surface area contributed by atoms with Crippen LogP contribution in [0.1, 0.15) is 6.92 Å². The number of rotatable bonds is 5. The van der Waals surface area contributed by atoms with E-state index in [1.165, 1.54) is 21.3 Å². The molecule has 4 aromatic rings. The zero-order valence-corrected chi connectivity index (χ0v) is 17.6. The van der Waals surface area contributed by atoms with Gasteiger partial charge in [0.25, 0.3) is 0 Å². The lowest BCUT2D eigenvalue weighted by molar-refractivity contribution is 0.417. The zero-order valence-electron chi connectivity index (χ0n) is 17.6. The summed E-state index contributed by atoms with van der Waals surface area (Å²) in [5.74, 6) is -0.243. The van der Waals surface area contributed by atoms with Crippen LogP contribution in [0.15, 0.2) is 58.5 Å². The number of pyridine rings is 1. The first-order valence-electron chi connectivity index (χ1n) is 9.48. The number of aryl methyl sites for hydroxylation is 2. The zero-order chi connectivity index (χ0) is 22.3. The van der Waals surface area contributed by atoms with E-state index >= 15 is 0 Å². The molecule has 0 atom stereocenters. The summed E-state index contributed by atoms with van der Waals surface area (Å²) >= 11 is 0. The van der Waals surface area contributed by atoms with E-state index < -0.39 is 11.5 Å². The summed E-state index contributed by atoms with van der Waals surface area (Å²) in [5.41, 5.74) is 2.75. The molecular formula is C22H21FN6O2. The van der Waals surface area contributed by atoms with Crippen molar-refractivity contribution in [2.75, 3.05) is 7.11 Å². The summed E-state index contributed by atoms with van der Waals surface area (Å²) in [7, 11) is 5.00. The van der Waals surface area contributed by atoms with Gasteiger partial charge in [-0.2, -0.15) is 5.10 Å². The summed E-state index contributed by atoms with van der Waals surface area (Å²) in [6.07, 6.45) is 7.92. The molecule has 0 fully saturated rings. The Morgan fingerprint density at radius 1 is 1.29 bits per heavy atom. The van der Waals surface area contributed by atoms with Gasteiger partial charge in [0.1, 0.15) is 5.75 Å². The number of hydrogen-bond donors (Lipinski definition) is 0. The molecular weight excluding hydrogens is 399 g/mol. The highest BCUT2D eigenvalue weighted by atomic mass is 19.1. The molecule has 3 heterocycles. The molecule has 0 N–H and O–H groups in total. The number of nitrogens with zero attached hydrogens (tertiary/aromatic N) is 6. The summed E-state index contributed by atoms with van der Waals surface area (Å²) in [6.45, 7) is 5.15. The fourth-order valence-corrected chi connectivity index (χ4v) is 3.65. The second-order valence-corrected chi connectivity index (χ2v) is 6.97. The van der Waals surface area contributed by atoms with Crippen molar-refractivity contribution in [1.29, 1.82) is 0 Å². The topological polar surface area (TPSA) is 79.2 Å². The van der Waals surface area contributed by atoms with Gasteiger partial charge >= 0.3 is 5.69 Å². The summed E-state index contributed by atoms with van der Waals surface area (Å²) in [5, 5.41) is 4.87. The minimum Gasteiger partial charge on any atom is -0.496 e. The molecule has 0 aliphatic carbocycles. The standard InChI is InChI=1S/C22H21FN6O2/c1-6-7-16(23)21(24-2)29-20-15-8-14(13-10-26-27(3)12-13)19(31-5)9-17(15)25-11-18(20)28(4)22(29)30/h6-12H,2H2,1,3-5H3/b7-6-,21-16-. The first kappa shape index (κ1) is 20.3. The molecule has 31 heavy (non-hydrogen) atoms. The van der Waals surface area contributed by atoms with E-state index in [4.69, 9.17) is 4.74 Å². The van der Waals surface area contributed by atoms with Crippen molar-refractivity contribution in [2.24, 2.45) is 19.1 Å². The van der Waals surface area contributed by atoms with Gasteiger partial charge in [-0.25, -0.2) is 18.7 Å². The lowest BCUT2D eigenvalue weighted by atomic mass is 10.0. The Kier molecular flexibility index (Phi) is 5.02. The lowest BCUT2D eigenvalue weighted by Crippen LogP contribution is -2.21. The number of ether oxygens (including phenoxy) is 1. The maximum absolute atomic E-state index is 14.8. The predicted octanol–water partition coefficient (Wildman–Crippen LogP) is 3.67. The van der Waals surface area contributed by atoms with Gasteiger partial charge in [0.05, 0.1) is 36.1 Å². The van der Waals surface area contributed by atoms with Gasteiger partial charge in [0.15, 0.2) is 11.6 Å². The maximum atomic E-state index is 14.8. The third-order valence-electron chi connectivity index (χ3n) is 5.11. The van der Waals surface area contributed by atoms with Crippen LogP contribution < -0.4 is 10.4 Å². The maximum Gasteiger partial charge on any atom is 0.334 e. The molecule has 0 unspecified atom stereocenters. The van der Waals surface area contributed by atoms with E-state index in [1.807, 2.05) is 19.3 Å². The van der Waals surface area contributed by atoms with Crippen molar-refractivity contribution < 1.29 is 9.13 Å². The van der Waals surface area contributed by atoms with Crippen LogP contribution >= 0.6 is 0 Å². The number of aromatic nitrogens is 5. The number of hydrogen-bond acceptors (Lipinski definition) is 5. The minimum absolute atomic E-state index is 0.181. The molecule has 158 valence electrons. The van der Waals surface area contributed by atoms with Crippen molar-refractivity contribution >= 4 is 34.5 Å². The van der Waals surface area contributed by atoms with E-state index in [2.05, 4.69) is 21.8 Å². The largest absolute Gasteiger partial charge is 0.496 e. The molecule has 0 aliphatic rings. The van der Waals surface area contributed by atoms with Gasteiger partial charge in [-0.3, -0.25) is 14.2 Å². The van der Waals surface area contributed by atoms with Gasteiger partial charge in [0.2, 0.25) is 0 Å². The molecule has 9 heteroatoms. The van der Waals surface area contributed by atoms with Crippen molar-refractivity contribution in [1.82, 2.24) is 23.9 Å². The highest BCUT2D eigenvalue weighted by Gasteiger charge is 2.21. The molecule has 8 nitrogen and oxygen atoms in total. The van der Waals surface area contributed by atoms with Crippen LogP contribution in [0.25, 0.3) is 38.9 Å². The Balaban J connectivity index is 2.19. The van der Waals surface area contributed by atoms with Crippen LogP contribution in [0, 0.1) is 0 Å². The number of methoxy groups -OCH3 is 1. The highest BCUT2D eigenvalue weighted by molar-refractivity contribution is 6.06. The monoisotopic (exact) mass is 420 g/mol. The Hall–Kier alpha value is -4.01. The van der Waals surface area contributed by atoms with Crippen LogP contribution in [0.3, 0.4) is 0 Å². The number of benzene rings is 1. The average molecular weight is 420 g/mol. The lowest BCUT2D eigenvalue weighted by Gasteiger charge is -2.11. The molecule has 4 rings (SSSR count). The number of imidazole rings is 1. The quantitative estimate of drug-likeness (QED) is 0.365. The Bertz CT molecular complexity index is 1450. The van der Waals surface area contributed by atoms with Gasteiger partial charge in [-0.05, 0) is 25.8 Å². The molecule has 0 bridgehead atoms. The van der Waals surface area contributed by atoms with E-state index in [1.54, 1.807) is 44.2 Å². The van der Waals surface area contributed by atoms with Crippen molar-refractivity contribution in [3.8, 4) is 16.9 Å². The molecule has 0 aliphatic heterocycles. The van der Waals surface area contributed by atoms with Crippen molar-refractivity contribution in [3.05, 3.63) is 59.2 Å². The SMILES string of the molecule is C=N/C(=C(F)\C=C/C)n1c(=O)n(C)c2cnc3cc(OC)c(-c4cnn(C)c4)cc3c21. The predicted molar refractivity (Wildman–Crippen MR) is 120 cm³/mol. The second-order valence-electron chi connectivity index (χ2n) is 6.97. The first-order valence-corrected chi connectivity index (χ1v) is 9.48. The molecule has 0 saturated carbocycles. The average Bonchev–Trinajstić information content (AvgIpc) is 3.30. The molecule has 0 amide bonds. The van der Waals surface area contributed by atoms with E-state index in [-0.39, 0.29) is 5.82 Å². The van der Waals surface area contributed by atoms with Crippen LogP contribution in [0.2, 0.25) is 0 Å². The Morgan fingerprint density at radius 2 is 2.06 bits per heavy atom. The molecule has 0 spiro atoms. The smallest absolute Gasteiger partial charge is 0.334 e.